The lowest BCUT2D eigenvalue weighted by atomic mass is 10.1. The third-order valence-electron chi connectivity index (χ3n) is 6.12. The molecule has 38 heavy (non-hydrogen) atoms. The van der Waals surface area contributed by atoms with Gasteiger partial charge in [0.1, 0.15) is 0 Å². The number of hydrogen-bond acceptors (Lipinski definition) is 10. The molecule has 0 unspecified atom stereocenters. The highest BCUT2D eigenvalue weighted by atomic mass is 32.1. The Morgan fingerprint density at radius 2 is 1.61 bits per heavy atom. The van der Waals surface area contributed by atoms with Crippen molar-refractivity contribution in [2.75, 3.05) is 74.3 Å². The van der Waals surface area contributed by atoms with E-state index in [9.17, 15) is 19.7 Å². The molecule has 2 aromatic carbocycles. The monoisotopic (exact) mass is 543 g/mol. The Balaban J connectivity index is 1.58. The van der Waals surface area contributed by atoms with E-state index in [-0.39, 0.29) is 23.0 Å². The molecule has 2 fully saturated rings. The number of ether oxygens (including phenoxy) is 3. The summed E-state index contributed by atoms with van der Waals surface area (Å²) in [6.07, 6.45) is 0. The van der Waals surface area contributed by atoms with E-state index in [1.165, 1.54) is 12.1 Å². The summed E-state index contributed by atoms with van der Waals surface area (Å²) in [5, 5.41) is 17.0. The average molecular weight is 544 g/mol. The Morgan fingerprint density at radius 3 is 2.21 bits per heavy atom. The molecule has 2 aliphatic rings. The first-order chi connectivity index (χ1) is 18.4. The molecule has 0 radical (unpaired) electrons. The Hall–Kier alpha value is -3.81. The Kier molecular flexibility index (Phi) is 9.05. The maximum atomic E-state index is 13.3. The highest BCUT2D eigenvalue weighted by Crippen LogP contribution is 2.29. The SMILES string of the molecule is CCOC(=O)c1ccc(N2CCOCC2)c(NC(=S)NC(=O)c2cc([N+](=O)[O-])ccc2N2CCOCC2)c1. The number of morpholine rings is 2. The van der Waals surface area contributed by atoms with Crippen LogP contribution in [0.2, 0.25) is 0 Å². The molecule has 2 N–H and O–H groups in total. The molecule has 2 aliphatic heterocycles. The number of carbonyl (C=O) groups excluding carboxylic acids is 2. The summed E-state index contributed by atoms with van der Waals surface area (Å²) in [6, 6.07) is 9.26. The van der Waals surface area contributed by atoms with Crippen LogP contribution in [-0.4, -0.2) is 81.1 Å². The van der Waals surface area contributed by atoms with E-state index in [1.807, 2.05) is 4.90 Å². The summed E-state index contributed by atoms with van der Waals surface area (Å²) < 4.78 is 16.0. The smallest absolute Gasteiger partial charge is 0.338 e. The van der Waals surface area contributed by atoms with E-state index in [0.717, 1.165) is 5.69 Å². The molecule has 0 atom stereocenters. The normalized spacial score (nSPS) is 15.5. The van der Waals surface area contributed by atoms with Gasteiger partial charge in [0.05, 0.1) is 66.1 Å². The number of nitrogens with zero attached hydrogens (tertiary/aromatic N) is 3. The lowest BCUT2D eigenvalue weighted by Gasteiger charge is -2.31. The number of anilines is 3. The van der Waals surface area contributed by atoms with E-state index >= 15 is 0 Å². The van der Waals surface area contributed by atoms with Crippen LogP contribution in [0.4, 0.5) is 22.7 Å². The number of rotatable bonds is 7. The van der Waals surface area contributed by atoms with E-state index in [2.05, 4.69) is 15.5 Å². The molecule has 0 aromatic heterocycles. The van der Waals surface area contributed by atoms with Crippen molar-refractivity contribution < 1.29 is 28.7 Å². The van der Waals surface area contributed by atoms with Gasteiger partial charge >= 0.3 is 5.97 Å². The Bertz CT molecular complexity index is 1210. The molecule has 202 valence electrons. The molecular weight excluding hydrogens is 514 g/mol. The third kappa shape index (κ3) is 6.54. The van der Waals surface area contributed by atoms with Gasteiger partial charge in [-0.3, -0.25) is 20.2 Å². The number of nitro groups is 1. The summed E-state index contributed by atoms with van der Waals surface area (Å²) >= 11 is 5.45. The minimum Gasteiger partial charge on any atom is -0.462 e. The van der Waals surface area contributed by atoms with Gasteiger partial charge in [-0.2, -0.15) is 0 Å². The zero-order chi connectivity index (χ0) is 27.1. The number of carbonyl (C=O) groups is 2. The lowest BCUT2D eigenvalue weighted by Crippen LogP contribution is -2.40. The van der Waals surface area contributed by atoms with Crippen molar-refractivity contribution in [3.63, 3.8) is 0 Å². The molecule has 0 spiro atoms. The fourth-order valence-corrected chi connectivity index (χ4v) is 4.48. The van der Waals surface area contributed by atoms with Crippen molar-refractivity contribution in [2.24, 2.45) is 0 Å². The third-order valence-corrected chi connectivity index (χ3v) is 6.33. The Morgan fingerprint density at radius 1 is 1.00 bits per heavy atom. The van der Waals surface area contributed by atoms with E-state index < -0.39 is 16.8 Å². The molecule has 0 saturated carbocycles. The van der Waals surface area contributed by atoms with Gasteiger partial charge < -0.3 is 29.3 Å². The highest BCUT2D eigenvalue weighted by molar-refractivity contribution is 7.80. The summed E-state index contributed by atoms with van der Waals surface area (Å²) in [5.74, 6) is -1.08. The second-order valence-electron chi connectivity index (χ2n) is 8.52. The van der Waals surface area contributed by atoms with Gasteiger partial charge in [-0.05, 0) is 43.4 Å². The largest absolute Gasteiger partial charge is 0.462 e. The van der Waals surface area contributed by atoms with Gasteiger partial charge in [-0.25, -0.2) is 4.79 Å². The van der Waals surface area contributed by atoms with Gasteiger partial charge in [0.2, 0.25) is 0 Å². The number of non-ortho nitro benzene ring substituents is 1. The first-order valence-corrected chi connectivity index (χ1v) is 12.7. The topological polar surface area (TPSA) is 136 Å². The number of benzene rings is 2. The van der Waals surface area contributed by atoms with Crippen LogP contribution in [-0.2, 0) is 14.2 Å². The molecule has 4 rings (SSSR count). The summed E-state index contributed by atoms with van der Waals surface area (Å²) in [6.45, 7) is 6.41. The molecule has 0 bridgehead atoms. The molecule has 2 saturated heterocycles. The minimum absolute atomic E-state index is 0.0232. The van der Waals surface area contributed by atoms with Crippen molar-refractivity contribution in [1.82, 2.24) is 5.32 Å². The first kappa shape index (κ1) is 27.2. The summed E-state index contributed by atoms with van der Waals surface area (Å²) in [7, 11) is 0. The quantitative estimate of drug-likeness (QED) is 0.231. The zero-order valence-corrected chi connectivity index (χ0v) is 21.8. The van der Waals surface area contributed by atoms with E-state index in [4.69, 9.17) is 26.4 Å². The van der Waals surface area contributed by atoms with Crippen molar-refractivity contribution in [1.29, 1.82) is 0 Å². The summed E-state index contributed by atoms with van der Waals surface area (Å²) in [5.41, 5.74) is 2.09. The van der Waals surface area contributed by atoms with Gasteiger partial charge in [0, 0.05) is 38.3 Å². The number of hydrogen-bond donors (Lipinski definition) is 2. The molecule has 2 heterocycles. The standard InChI is InChI=1S/C25H29N5O7S/c1-2-37-24(32)17-3-5-22(29-9-13-36-14-10-29)20(15-17)26-25(38)27-23(31)19-16-18(30(33)34)4-6-21(19)28-7-11-35-12-8-28/h3-6,15-16H,2,7-14H2,1H3,(H2,26,27,31,38). The van der Waals surface area contributed by atoms with Crippen LogP contribution in [0.15, 0.2) is 36.4 Å². The maximum absolute atomic E-state index is 13.3. The second-order valence-corrected chi connectivity index (χ2v) is 8.93. The second kappa shape index (κ2) is 12.6. The predicted molar refractivity (Wildman–Crippen MR) is 145 cm³/mol. The van der Waals surface area contributed by atoms with Crippen LogP contribution in [0.5, 0.6) is 0 Å². The average Bonchev–Trinajstić information content (AvgIpc) is 2.93. The number of nitro benzene ring substituents is 1. The molecule has 1 amide bonds. The van der Waals surface area contributed by atoms with E-state index in [0.29, 0.717) is 69.5 Å². The van der Waals surface area contributed by atoms with Crippen molar-refractivity contribution >= 4 is 52.0 Å². The number of amides is 1. The maximum Gasteiger partial charge on any atom is 0.338 e. The van der Waals surface area contributed by atoms with Gasteiger partial charge in [0.15, 0.2) is 5.11 Å². The molecular formula is C25H29N5O7S. The summed E-state index contributed by atoms with van der Waals surface area (Å²) in [4.78, 5) is 40.5. The van der Waals surface area contributed by atoms with Crippen LogP contribution in [0.25, 0.3) is 0 Å². The van der Waals surface area contributed by atoms with Crippen LogP contribution < -0.4 is 20.4 Å². The van der Waals surface area contributed by atoms with Crippen molar-refractivity contribution in [3.8, 4) is 0 Å². The fourth-order valence-electron chi connectivity index (χ4n) is 4.28. The number of esters is 1. The van der Waals surface area contributed by atoms with Crippen LogP contribution in [0, 0.1) is 10.1 Å². The van der Waals surface area contributed by atoms with Gasteiger partial charge in [-0.15, -0.1) is 0 Å². The minimum atomic E-state index is -0.595. The molecule has 0 aliphatic carbocycles. The van der Waals surface area contributed by atoms with Gasteiger partial charge in [-0.1, -0.05) is 0 Å². The van der Waals surface area contributed by atoms with Crippen LogP contribution in [0.1, 0.15) is 27.6 Å². The zero-order valence-electron chi connectivity index (χ0n) is 20.9. The van der Waals surface area contributed by atoms with E-state index in [1.54, 1.807) is 31.2 Å². The first-order valence-electron chi connectivity index (χ1n) is 12.2. The Labute approximate surface area is 225 Å². The number of thiocarbonyl (C=S) groups is 1. The van der Waals surface area contributed by atoms with Crippen LogP contribution in [0.3, 0.4) is 0 Å². The molecule has 2 aromatic rings. The lowest BCUT2D eigenvalue weighted by molar-refractivity contribution is -0.384. The van der Waals surface area contributed by atoms with Crippen LogP contribution >= 0.6 is 12.2 Å². The fraction of sp³-hybridized carbons (Fsp3) is 0.400. The molecule has 13 heteroatoms. The number of nitrogens with one attached hydrogen (secondary N) is 2. The van der Waals surface area contributed by atoms with Crippen molar-refractivity contribution in [3.05, 3.63) is 57.6 Å². The van der Waals surface area contributed by atoms with Crippen molar-refractivity contribution in [2.45, 2.75) is 6.92 Å². The molecule has 12 nitrogen and oxygen atoms in total. The van der Waals surface area contributed by atoms with Gasteiger partial charge in [0.25, 0.3) is 11.6 Å². The highest BCUT2D eigenvalue weighted by Gasteiger charge is 2.24. The predicted octanol–water partition coefficient (Wildman–Crippen LogP) is 2.57.